The Labute approximate surface area is 197 Å². The van der Waals surface area contributed by atoms with Crippen LogP contribution in [0.3, 0.4) is 0 Å². The van der Waals surface area contributed by atoms with Crippen LogP contribution >= 0.6 is 0 Å². The van der Waals surface area contributed by atoms with Crippen LogP contribution in [0.1, 0.15) is 0 Å². The molecule has 0 saturated heterocycles. The fourth-order valence-electron chi connectivity index (χ4n) is 5.34. The topological polar surface area (TPSA) is 36.9 Å². The molecule has 0 bridgehead atoms. The van der Waals surface area contributed by atoms with Crippen molar-refractivity contribution in [3.63, 3.8) is 0 Å². The van der Waals surface area contributed by atoms with E-state index in [1.807, 2.05) is 12.1 Å². The van der Waals surface area contributed by atoms with Crippen LogP contribution in [0.15, 0.2) is 72.8 Å². The van der Waals surface area contributed by atoms with Gasteiger partial charge in [-0.05, 0) is 44.5 Å². The molecule has 168 valence electrons. The first-order chi connectivity index (χ1) is 16.7. The normalized spacial score (nSPS) is 11.5. The standard InChI is InChI=1S/C30H24O4/c1-31-17-13-23-19-9-5-7-11-21(19)30-28-24(14-18(32-2)16-26(28)34-4)20-10-6-8-12-22(20)29(30)27(23)25(15-17)33-3/h5-16H,1-4H3. The van der Waals surface area contributed by atoms with Crippen LogP contribution in [0.5, 0.6) is 23.0 Å². The number of methoxy groups -OCH3 is 4. The lowest BCUT2D eigenvalue weighted by Gasteiger charge is -2.20. The Morgan fingerprint density at radius 1 is 0.382 bits per heavy atom. The van der Waals surface area contributed by atoms with Crippen LogP contribution in [-0.4, -0.2) is 28.4 Å². The predicted molar refractivity (Wildman–Crippen MR) is 140 cm³/mol. The highest BCUT2D eigenvalue weighted by atomic mass is 16.5. The first-order valence-electron chi connectivity index (χ1n) is 11.2. The van der Waals surface area contributed by atoms with Crippen LogP contribution in [0.4, 0.5) is 0 Å². The summed E-state index contributed by atoms with van der Waals surface area (Å²) >= 11 is 0. The SMILES string of the molecule is COc1cc(OC)c2c(c1)c1ccccc1c1c3c(OC)cc(OC)cc3c3ccccc3c21. The monoisotopic (exact) mass is 448 g/mol. The van der Waals surface area contributed by atoms with E-state index in [2.05, 4.69) is 60.7 Å². The fourth-order valence-corrected chi connectivity index (χ4v) is 5.34. The third kappa shape index (κ3) is 2.72. The molecule has 0 amide bonds. The Balaban J connectivity index is 2.07. The summed E-state index contributed by atoms with van der Waals surface area (Å²) in [7, 11) is 6.80. The summed E-state index contributed by atoms with van der Waals surface area (Å²) in [5.41, 5.74) is 0. The summed E-state index contributed by atoms with van der Waals surface area (Å²) in [6, 6.07) is 25.1. The van der Waals surface area contributed by atoms with Crippen molar-refractivity contribution in [2.24, 2.45) is 0 Å². The van der Waals surface area contributed by atoms with E-state index in [-0.39, 0.29) is 0 Å². The molecule has 4 nitrogen and oxygen atoms in total. The molecule has 0 aliphatic carbocycles. The van der Waals surface area contributed by atoms with Gasteiger partial charge in [-0.2, -0.15) is 0 Å². The molecule has 34 heavy (non-hydrogen) atoms. The van der Waals surface area contributed by atoms with E-state index < -0.39 is 0 Å². The predicted octanol–water partition coefficient (Wildman–Crippen LogP) is 7.49. The summed E-state index contributed by atoms with van der Waals surface area (Å²) in [5.74, 6) is 3.09. The molecule has 4 heteroatoms. The summed E-state index contributed by atoms with van der Waals surface area (Å²) in [6.45, 7) is 0. The Kier molecular flexibility index (Phi) is 4.63. The lowest BCUT2D eigenvalue weighted by Crippen LogP contribution is -1.95. The van der Waals surface area contributed by atoms with Gasteiger partial charge in [-0.3, -0.25) is 0 Å². The van der Waals surface area contributed by atoms with E-state index in [0.717, 1.165) is 76.9 Å². The van der Waals surface area contributed by atoms with Gasteiger partial charge in [0.2, 0.25) is 0 Å². The van der Waals surface area contributed by atoms with Gasteiger partial charge in [0.05, 0.1) is 28.4 Å². The minimum atomic E-state index is 0.765. The van der Waals surface area contributed by atoms with Crippen molar-refractivity contribution in [3.8, 4) is 23.0 Å². The fraction of sp³-hybridized carbons (Fsp3) is 0.133. The summed E-state index contributed by atoms with van der Waals surface area (Å²) in [5, 5.41) is 11.2. The maximum Gasteiger partial charge on any atom is 0.131 e. The molecule has 0 saturated carbocycles. The van der Waals surface area contributed by atoms with Crippen LogP contribution in [0, 0.1) is 0 Å². The van der Waals surface area contributed by atoms with Crippen molar-refractivity contribution in [2.45, 2.75) is 0 Å². The highest BCUT2D eigenvalue weighted by Gasteiger charge is 2.21. The van der Waals surface area contributed by atoms with E-state index in [1.165, 1.54) is 0 Å². The average molecular weight is 449 g/mol. The summed E-state index contributed by atoms with van der Waals surface area (Å²) in [6.07, 6.45) is 0. The molecule has 0 spiro atoms. The molecule has 0 aliphatic heterocycles. The van der Waals surface area contributed by atoms with Crippen molar-refractivity contribution in [1.82, 2.24) is 0 Å². The first-order valence-corrected chi connectivity index (χ1v) is 11.2. The zero-order valence-electron chi connectivity index (χ0n) is 19.6. The largest absolute Gasteiger partial charge is 0.497 e. The van der Waals surface area contributed by atoms with Gasteiger partial charge in [0, 0.05) is 33.7 Å². The third-order valence-electron chi connectivity index (χ3n) is 6.79. The highest BCUT2D eigenvalue weighted by molar-refractivity contribution is 6.41. The van der Waals surface area contributed by atoms with Gasteiger partial charge in [-0.1, -0.05) is 48.5 Å². The molecule has 0 unspecified atom stereocenters. The van der Waals surface area contributed by atoms with Crippen LogP contribution in [0.2, 0.25) is 0 Å². The molecular weight excluding hydrogens is 424 g/mol. The lowest BCUT2D eigenvalue weighted by molar-refractivity contribution is 0.398. The van der Waals surface area contributed by atoms with E-state index in [0.29, 0.717) is 0 Å². The molecule has 0 N–H and O–H groups in total. The van der Waals surface area contributed by atoms with Crippen LogP contribution in [-0.2, 0) is 0 Å². The van der Waals surface area contributed by atoms with Gasteiger partial charge in [0.1, 0.15) is 23.0 Å². The van der Waals surface area contributed by atoms with E-state index >= 15 is 0 Å². The van der Waals surface area contributed by atoms with Gasteiger partial charge >= 0.3 is 0 Å². The summed E-state index contributed by atoms with van der Waals surface area (Å²) < 4.78 is 23.2. The highest BCUT2D eigenvalue weighted by Crippen LogP contribution is 2.50. The van der Waals surface area contributed by atoms with Gasteiger partial charge in [-0.25, -0.2) is 0 Å². The Hall–Kier alpha value is -4.18. The molecular formula is C30H24O4. The molecule has 6 aromatic rings. The first kappa shape index (κ1) is 20.4. The second-order valence-corrected chi connectivity index (χ2v) is 8.35. The maximum atomic E-state index is 5.95. The zero-order valence-corrected chi connectivity index (χ0v) is 19.6. The number of benzene rings is 6. The van der Waals surface area contributed by atoms with E-state index in [4.69, 9.17) is 18.9 Å². The Morgan fingerprint density at radius 2 is 0.765 bits per heavy atom. The van der Waals surface area contributed by atoms with Gasteiger partial charge < -0.3 is 18.9 Å². The van der Waals surface area contributed by atoms with Gasteiger partial charge in [-0.15, -0.1) is 0 Å². The smallest absolute Gasteiger partial charge is 0.131 e. The second-order valence-electron chi connectivity index (χ2n) is 8.35. The van der Waals surface area contributed by atoms with Crippen molar-refractivity contribution in [3.05, 3.63) is 72.8 Å². The molecule has 0 aliphatic rings. The zero-order chi connectivity index (χ0) is 23.4. The number of hydrogen-bond acceptors (Lipinski definition) is 4. The minimum Gasteiger partial charge on any atom is -0.497 e. The average Bonchev–Trinajstić information content (AvgIpc) is 2.91. The number of rotatable bonds is 4. The molecule has 0 heterocycles. The van der Waals surface area contributed by atoms with E-state index in [1.54, 1.807) is 28.4 Å². The van der Waals surface area contributed by atoms with E-state index in [9.17, 15) is 0 Å². The quantitative estimate of drug-likeness (QED) is 0.262. The Bertz CT molecular complexity index is 1620. The minimum absolute atomic E-state index is 0.765. The van der Waals surface area contributed by atoms with Crippen molar-refractivity contribution < 1.29 is 18.9 Å². The molecule has 0 radical (unpaired) electrons. The van der Waals surface area contributed by atoms with Crippen molar-refractivity contribution in [2.75, 3.05) is 28.4 Å². The van der Waals surface area contributed by atoms with Gasteiger partial charge in [0.15, 0.2) is 0 Å². The number of ether oxygens (including phenoxy) is 4. The second kappa shape index (κ2) is 7.70. The number of fused-ring (bicyclic) bond motifs is 11. The Morgan fingerprint density at radius 3 is 1.12 bits per heavy atom. The molecule has 6 rings (SSSR count). The van der Waals surface area contributed by atoms with Gasteiger partial charge in [0.25, 0.3) is 0 Å². The third-order valence-corrected chi connectivity index (χ3v) is 6.79. The lowest BCUT2D eigenvalue weighted by atomic mass is 9.86. The molecule has 0 aromatic heterocycles. The summed E-state index contributed by atoms with van der Waals surface area (Å²) in [4.78, 5) is 0. The van der Waals surface area contributed by atoms with Crippen LogP contribution < -0.4 is 18.9 Å². The molecule has 0 atom stereocenters. The van der Waals surface area contributed by atoms with Crippen LogP contribution in [0.25, 0.3) is 53.9 Å². The van der Waals surface area contributed by atoms with Crippen molar-refractivity contribution >= 4 is 53.9 Å². The van der Waals surface area contributed by atoms with Crippen molar-refractivity contribution in [1.29, 1.82) is 0 Å². The maximum absolute atomic E-state index is 5.95. The molecule has 0 fully saturated rings. The number of hydrogen-bond donors (Lipinski definition) is 0. The molecule has 6 aromatic carbocycles.